The smallest absolute Gasteiger partial charge is 0.133 e. The number of hydrogen-bond acceptors (Lipinski definition) is 1. The van der Waals surface area contributed by atoms with Crippen molar-refractivity contribution in [3.8, 4) is 0 Å². The van der Waals surface area contributed by atoms with Crippen LogP contribution in [0.3, 0.4) is 0 Å². The monoisotopic (exact) mass is 218 g/mol. The third-order valence-electron chi connectivity index (χ3n) is 3.20. The Morgan fingerprint density at radius 1 is 1.19 bits per heavy atom. The Kier molecular flexibility index (Phi) is 4.72. The largest absolute Gasteiger partial charge is 0.300 e. The van der Waals surface area contributed by atoms with Crippen LogP contribution in [0, 0.1) is 5.92 Å². The summed E-state index contributed by atoms with van der Waals surface area (Å²) in [4.78, 5) is 11.4. The standard InChI is InChI=1S/C15H22O/c1-5-14(12(4)16)10-13-6-8-15(9-7-13)11(2)3/h6-9,11,14H,5,10H2,1-4H3. The topological polar surface area (TPSA) is 17.1 Å². The maximum atomic E-state index is 11.4. The molecule has 1 nitrogen and oxygen atoms in total. The van der Waals surface area contributed by atoms with E-state index in [0.717, 1.165) is 12.8 Å². The number of ketones is 1. The van der Waals surface area contributed by atoms with Gasteiger partial charge in [-0.2, -0.15) is 0 Å². The molecule has 1 rings (SSSR count). The van der Waals surface area contributed by atoms with E-state index >= 15 is 0 Å². The normalized spacial score (nSPS) is 12.8. The van der Waals surface area contributed by atoms with Crippen LogP contribution in [0.1, 0.15) is 51.2 Å². The molecule has 0 N–H and O–H groups in total. The summed E-state index contributed by atoms with van der Waals surface area (Å²) in [5.74, 6) is 1.06. The zero-order valence-electron chi connectivity index (χ0n) is 10.8. The van der Waals surface area contributed by atoms with Crippen molar-refractivity contribution in [3.05, 3.63) is 35.4 Å². The summed E-state index contributed by atoms with van der Waals surface area (Å²) >= 11 is 0. The average molecular weight is 218 g/mol. The van der Waals surface area contributed by atoms with E-state index in [1.165, 1.54) is 11.1 Å². The lowest BCUT2D eigenvalue weighted by atomic mass is 9.92. The fourth-order valence-corrected chi connectivity index (χ4v) is 1.90. The van der Waals surface area contributed by atoms with Gasteiger partial charge >= 0.3 is 0 Å². The molecule has 0 radical (unpaired) electrons. The van der Waals surface area contributed by atoms with Crippen LogP contribution < -0.4 is 0 Å². The molecule has 0 aliphatic rings. The fourth-order valence-electron chi connectivity index (χ4n) is 1.90. The van der Waals surface area contributed by atoms with Gasteiger partial charge in [0.25, 0.3) is 0 Å². The van der Waals surface area contributed by atoms with Crippen LogP contribution in [0.4, 0.5) is 0 Å². The first-order chi connectivity index (χ1) is 7.54. The van der Waals surface area contributed by atoms with Crippen molar-refractivity contribution in [1.82, 2.24) is 0 Å². The zero-order valence-corrected chi connectivity index (χ0v) is 10.8. The number of hydrogen-bond donors (Lipinski definition) is 0. The van der Waals surface area contributed by atoms with Crippen molar-refractivity contribution >= 4 is 5.78 Å². The minimum atomic E-state index is 0.185. The Hall–Kier alpha value is -1.11. The Bertz CT molecular complexity index is 335. The first kappa shape index (κ1) is 13.0. The molecule has 1 heteroatoms. The van der Waals surface area contributed by atoms with E-state index in [1.807, 2.05) is 0 Å². The number of benzene rings is 1. The van der Waals surface area contributed by atoms with Crippen LogP contribution in [-0.4, -0.2) is 5.78 Å². The molecule has 0 fully saturated rings. The van der Waals surface area contributed by atoms with Gasteiger partial charge in [-0.1, -0.05) is 45.0 Å². The Morgan fingerprint density at radius 3 is 2.12 bits per heavy atom. The van der Waals surface area contributed by atoms with Crippen LogP contribution in [0.15, 0.2) is 24.3 Å². The minimum Gasteiger partial charge on any atom is -0.300 e. The number of Topliss-reactive ketones (excluding diaryl/α,β-unsaturated/α-hetero) is 1. The average Bonchev–Trinajstić information content (AvgIpc) is 2.26. The number of rotatable bonds is 5. The molecule has 0 bridgehead atoms. The van der Waals surface area contributed by atoms with E-state index < -0.39 is 0 Å². The molecule has 0 aromatic heterocycles. The van der Waals surface area contributed by atoms with Crippen LogP contribution in [0.25, 0.3) is 0 Å². The highest BCUT2D eigenvalue weighted by molar-refractivity contribution is 5.78. The van der Waals surface area contributed by atoms with Crippen molar-refractivity contribution in [2.75, 3.05) is 0 Å². The minimum absolute atomic E-state index is 0.185. The molecule has 0 amide bonds. The molecule has 88 valence electrons. The molecule has 16 heavy (non-hydrogen) atoms. The molecule has 0 aliphatic heterocycles. The third-order valence-corrected chi connectivity index (χ3v) is 3.20. The lowest BCUT2D eigenvalue weighted by Crippen LogP contribution is -2.12. The second kappa shape index (κ2) is 5.83. The quantitative estimate of drug-likeness (QED) is 0.731. The van der Waals surface area contributed by atoms with Gasteiger partial charge in [0.05, 0.1) is 0 Å². The van der Waals surface area contributed by atoms with Crippen LogP contribution >= 0.6 is 0 Å². The van der Waals surface area contributed by atoms with Gasteiger partial charge in [-0.05, 0) is 36.8 Å². The third kappa shape index (κ3) is 3.48. The predicted octanol–water partition coefficient (Wildman–Crippen LogP) is 3.97. The van der Waals surface area contributed by atoms with E-state index in [9.17, 15) is 4.79 Å². The SMILES string of the molecule is CCC(Cc1ccc(C(C)C)cc1)C(C)=O. The Balaban J connectivity index is 2.71. The highest BCUT2D eigenvalue weighted by Gasteiger charge is 2.12. The van der Waals surface area contributed by atoms with Gasteiger partial charge < -0.3 is 0 Å². The predicted molar refractivity (Wildman–Crippen MR) is 68.7 cm³/mol. The van der Waals surface area contributed by atoms with E-state index in [4.69, 9.17) is 0 Å². The van der Waals surface area contributed by atoms with Crippen LogP contribution in [0.2, 0.25) is 0 Å². The number of carbonyl (C=O) groups is 1. The molecule has 0 heterocycles. The van der Waals surface area contributed by atoms with E-state index in [1.54, 1.807) is 6.92 Å². The summed E-state index contributed by atoms with van der Waals surface area (Å²) in [5.41, 5.74) is 2.63. The second-order valence-corrected chi connectivity index (χ2v) is 4.82. The van der Waals surface area contributed by atoms with Gasteiger partial charge in [0.2, 0.25) is 0 Å². The van der Waals surface area contributed by atoms with Gasteiger partial charge in [-0.25, -0.2) is 0 Å². The van der Waals surface area contributed by atoms with Crippen molar-refractivity contribution < 1.29 is 4.79 Å². The summed E-state index contributed by atoms with van der Waals surface area (Å²) in [7, 11) is 0. The Morgan fingerprint density at radius 2 is 1.75 bits per heavy atom. The molecule has 1 aromatic rings. The van der Waals surface area contributed by atoms with Gasteiger partial charge in [0, 0.05) is 5.92 Å². The van der Waals surface area contributed by atoms with Crippen molar-refractivity contribution in [2.45, 2.75) is 46.5 Å². The van der Waals surface area contributed by atoms with Crippen LogP contribution in [-0.2, 0) is 11.2 Å². The van der Waals surface area contributed by atoms with Crippen LogP contribution in [0.5, 0.6) is 0 Å². The molecule has 1 aromatic carbocycles. The lowest BCUT2D eigenvalue weighted by molar-refractivity contribution is -0.120. The molecule has 0 aliphatic carbocycles. The summed E-state index contributed by atoms with van der Waals surface area (Å²) in [6.07, 6.45) is 1.81. The first-order valence-corrected chi connectivity index (χ1v) is 6.13. The molecular weight excluding hydrogens is 196 g/mol. The number of carbonyl (C=O) groups excluding carboxylic acids is 1. The first-order valence-electron chi connectivity index (χ1n) is 6.13. The summed E-state index contributed by atoms with van der Waals surface area (Å²) in [5, 5.41) is 0. The highest BCUT2D eigenvalue weighted by atomic mass is 16.1. The highest BCUT2D eigenvalue weighted by Crippen LogP contribution is 2.18. The fraction of sp³-hybridized carbons (Fsp3) is 0.533. The second-order valence-electron chi connectivity index (χ2n) is 4.82. The van der Waals surface area contributed by atoms with Crippen molar-refractivity contribution in [3.63, 3.8) is 0 Å². The molecule has 0 saturated carbocycles. The van der Waals surface area contributed by atoms with E-state index in [0.29, 0.717) is 11.7 Å². The molecule has 0 spiro atoms. The van der Waals surface area contributed by atoms with Crippen molar-refractivity contribution in [1.29, 1.82) is 0 Å². The Labute approximate surface area is 98.9 Å². The van der Waals surface area contributed by atoms with Gasteiger partial charge in [0.1, 0.15) is 5.78 Å². The molecule has 1 atom stereocenters. The lowest BCUT2D eigenvalue weighted by Gasteiger charge is -2.12. The molecule has 1 unspecified atom stereocenters. The zero-order chi connectivity index (χ0) is 12.1. The van der Waals surface area contributed by atoms with E-state index in [2.05, 4.69) is 45.0 Å². The van der Waals surface area contributed by atoms with Crippen molar-refractivity contribution in [2.24, 2.45) is 5.92 Å². The molecular formula is C15H22O. The van der Waals surface area contributed by atoms with Gasteiger partial charge in [-0.3, -0.25) is 4.79 Å². The van der Waals surface area contributed by atoms with Gasteiger partial charge in [-0.15, -0.1) is 0 Å². The van der Waals surface area contributed by atoms with E-state index in [-0.39, 0.29) is 5.92 Å². The molecule has 0 saturated heterocycles. The van der Waals surface area contributed by atoms with Gasteiger partial charge in [0.15, 0.2) is 0 Å². The summed E-state index contributed by atoms with van der Waals surface area (Å²) in [6.45, 7) is 8.16. The maximum absolute atomic E-state index is 11.4. The summed E-state index contributed by atoms with van der Waals surface area (Å²) < 4.78 is 0. The summed E-state index contributed by atoms with van der Waals surface area (Å²) in [6, 6.07) is 8.65. The maximum Gasteiger partial charge on any atom is 0.133 e.